The van der Waals surface area contributed by atoms with Crippen LogP contribution in [0.5, 0.6) is 0 Å². The number of rotatable bonds is 8. The van der Waals surface area contributed by atoms with Crippen LogP contribution in [0.3, 0.4) is 0 Å². The van der Waals surface area contributed by atoms with E-state index >= 15 is 0 Å². The molecule has 1 atom stereocenters. The van der Waals surface area contributed by atoms with Gasteiger partial charge in [0.05, 0.1) is 6.42 Å². The van der Waals surface area contributed by atoms with E-state index in [4.69, 9.17) is 11.6 Å². The lowest BCUT2D eigenvalue weighted by molar-refractivity contribution is -0.141. The van der Waals surface area contributed by atoms with E-state index < -0.39 is 11.6 Å². The largest absolute Gasteiger partial charge is 0.350 e. The number of halogens is 1. The minimum absolute atomic E-state index is 0.0887. The van der Waals surface area contributed by atoms with Crippen LogP contribution in [-0.2, 0) is 29.0 Å². The molecule has 3 aromatic carbocycles. The molecule has 0 heterocycles. The molecule has 0 aliphatic heterocycles. The molecular formula is C29H33ClN2O2. The van der Waals surface area contributed by atoms with Crippen LogP contribution in [0.2, 0.25) is 5.02 Å². The summed E-state index contributed by atoms with van der Waals surface area (Å²) in [5.74, 6) is -0.252. The van der Waals surface area contributed by atoms with E-state index in [-0.39, 0.29) is 18.2 Å². The highest BCUT2D eigenvalue weighted by Gasteiger charge is 2.32. The number of carbonyl (C=O) groups excluding carboxylic acids is 2. The fraction of sp³-hybridized carbons (Fsp3) is 0.310. The third-order valence-corrected chi connectivity index (χ3v) is 5.89. The summed E-state index contributed by atoms with van der Waals surface area (Å²) in [6, 6.07) is 24.5. The SMILES string of the molecule is Cc1ccccc1CC(=O)N(Cc1ccc(Cl)cc1)C(Cc1ccccc1)C(=O)NC(C)(C)C. The van der Waals surface area contributed by atoms with Crippen molar-refractivity contribution in [3.8, 4) is 0 Å². The second kappa shape index (κ2) is 11.3. The lowest BCUT2D eigenvalue weighted by Crippen LogP contribution is -2.54. The molecule has 178 valence electrons. The van der Waals surface area contributed by atoms with Crippen LogP contribution in [0, 0.1) is 6.92 Å². The third-order valence-electron chi connectivity index (χ3n) is 5.64. The first-order chi connectivity index (χ1) is 16.1. The van der Waals surface area contributed by atoms with Gasteiger partial charge in [0.15, 0.2) is 0 Å². The zero-order valence-electron chi connectivity index (χ0n) is 20.3. The van der Waals surface area contributed by atoms with Crippen molar-refractivity contribution in [2.24, 2.45) is 0 Å². The molecule has 1 N–H and O–H groups in total. The molecule has 0 aliphatic carbocycles. The first-order valence-electron chi connectivity index (χ1n) is 11.6. The highest BCUT2D eigenvalue weighted by atomic mass is 35.5. The van der Waals surface area contributed by atoms with Gasteiger partial charge in [-0.3, -0.25) is 9.59 Å². The summed E-state index contributed by atoms with van der Waals surface area (Å²) in [7, 11) is 0. The molecule has 0 fully saturated rings. The number of nitrogens with one attached hydrogen (secondary N) is 1. The summed E-state index contributed by atoms with van der Waals surface area (Å²) in [5, 5.41) is 3.72. The van der Waals surface area contributed by atoms with Gasteiger partial charge < -0.3 is 10.2 Å². The molecule has 0 saturated carbocycles. The minimum atomic E-state index is -0.658. The van der Waals surface area contributed by atoms with Crippen LogP contribution in [-0.4, -0.2) is 28.3 Å². The Hall–Kier alpha value is -3.11. The molecular weight excluding hydrogens is 444 g/mol. The van der Waals surface area contributed by atoms with Gasteiger partial charge in [0.1, 0.15) is 6.04 Å². The van der Waals surface area contributed by atoms with Gasteiger partial charge in [0, 0.05) is 23.5 Å². The van der Waals surface area contributed by atoms with Crippen LogP contribution < -0.4 is 5.32 Å². The van der Waals surface area contributed by atoms with Crippen LogP contribution in [0.4, 0.5) is 0 Å². The molecule has 5 heteroatoms. The van der Waals surface area contributed by atoms with E-state index in [2.05, 4.69) is 5.32 Å². The Kier molecular flexibility index (Phi) is 8.51. The number of amides is 2. The van der Waals surface area contributed by atoms with Crippen molar-refractivity contribution < 1.29 is 9.59 Å². The highest BCUT2D eigenvalue weighted by molar-refractivity contribution is 6.30. The average molecular weight is 477 g/mol. The van der Waals surface area contributed by atoms with Crippen molar-refractivity contribution >= 4 is 23.4 Å². The van der Waals surface area contributed by atoms with Crippen LogP contribution in [0.25, 0.3) is 0 Å². The van der Waals surface area contributed by atoms with Crippen molar-refractivity contribution in [2.45, 2.75) is 58.7 Å². The average Bonchev–Trinajstić information content (AvgIpc) is 2.78. The quantitative estimate of drug-likeness (QED) is 0.450. The van der Waals surface area contributed by atoms with E-state index in [0.29, 0.717) is 18.0 Å². The molecule has 0 aliphatic rings. The first-order valence-corrected chi connectivity index (χ1v) is 11.9. The van der Waals surface area contributed by atoms with Crippen LogP contribution >= 0.6 is 11.6 Å². The Morgan fingerprint density at radius 1 is 0.882 bits per heavy atom. The molecule has 2 amide bonds. The van der Waals surface area contributed by atoms with E-state index in [1.54, 1.807) is 4.90 Å². The normalized spacial score (nSPS) is 12.1. The van der Waals surface area contributed by atoms with Gasteiger partial charge in [-0.1, -0.05) is 78.3 Å². The molecule has 0 radical (unpaired) electrons. The Labute approximate surface area is 207 Å². The highest BCUT2D eigenvalue weighted by Crippen LogP contribution is 2.19. The number of nitrogens with zero attached hydrogens (tertiary/aromatic N) is 1. The number of aryl methyl sites for hydroxylation is 1. The second-order valence-corrected chi connectivity index (χ2v) is 10.1. The number of hydrogen-bond acceptors (Lipinski definition) is 2. The predicted octanol–water partition coefficient (Wildman–Crippen LogP) is 5.75. The van der Waals surface area contributed by atoms with Crippen LogP contribution in [0.15, 0.2) is 78.9 Å². The Bertz CT molecular complexity index is 1100. The van der Waals surface area contributed by atoms with Gasteiger partial charge in [0.2, 0.25) is 11.8 Å². The van der Waals surface area contributed by atoms with Gasteiger partial charge in [-0.2, -0.15) is 0 Å². The minimum Gasteiger partial charge on any atom is -0.350 e. The third kappa shape index (κ3) is 7.46. The summed E-state index contributed by atoms with van der Waals surface area (Å²) in [6.45, 7) is 8.16. The van der Waals surface area contributed by atoms with E-state index in [0.717, 1.165) is 22.3 Å². The molecule has 34 heavy (non-hydrogen) atoms. The molecule has 3 rings (SSSR count). The van der Waals surface area contributed by atoms with Crippen LogP contribution in [0.1, 0.15) is 43.0 Å². The second-order valence-electron chi connectivity index (χ2n) is 9.70. The summed E-state index contributed by atoms with van der Waals surface area (Å²) in [4.78, 5) is 29.0. The van der Waals surface area contributed by atoms with Gasteiger partial charge in [-0.25, -0.2) is 0 Å². The standard InChI is InChI=1S/C29H33ClN2O2/c1-21-10-8-9-13-24(21)19-27(33)32(20-23-14-16-25(30)17-15-23)26(28(34)31-29(2,3)4)18-22-11-6-5-7-12-22/h5-17,26H,18-20H2,1-4H3,(H,31,34). The van der Waals surface area contributed by atoms with Gasteiger partial charge in [-0.05, 0) is 62.1 Å². The molecule has 0 saturated heterocycles. The van der Waals surface area contributed by atoms with E-state index in [1.807, 2.05) is 107 Å². The van der Waals surface area contributed by atoms with Crippen molar-refractivity contribution in [1.29, 1.82) is 0 Å². The first kappa shape index (κ1) is 25.5. The zero-order chi connectivity index (χ0) is 24.7. The maximum Gasteiger partial charge on any atom is 0.243 e. The van der Waals surface area contributed by atoms with Gasteiger partial charge in [-0.15, -0.1) is 0 Å². The lowest BCUT2D eigenvalue weighted by atomic mass is 9.99. The summed E-state index contributed by atoms with van der Waals surface area (Å²) < 4.78 is 0. The molecule has 0 bridgehead atoms. The number of hydrogen-bond donors (Lipinski definition) is 1. The topological polar surface area (TPSA) is 49.4 Å². The van der Waals surface area contributed by atoms with Crippen molar-refractivity contribution in [2.75, 3.05) is 0 Å². The molecule has 4 nitrogen and oxygen atoms in total. The van der Waals surface area contributed by atoms with E-state index in [9.17, 15) is 9.59 Å². The smallest absolute Gasteiger partial charge is 0.243 e. The lowest BCUT2D eigenvalue weighted by Gasteiger charge is -2.34. The van der Waals surface area contributed by atoms with Crippen molar-refractivity contribution in [3.63, 3.8) is 0 Å². The Morgan fingerprint density at radius 3 is 2.12 bits per heavy atom. The maximum atomic E-state index is 13.8. The molecule has 1 unspecified atom stereocenters. The monoisotopic (exact) mass is 476 g/mol. The number of benzene rings is 3. The molecule has 0 spiro atoms. The fourth-order valence-electron chi connectivity index (χ4n) is 3.87. The Balaban J connectivity index is 1.99. The van der Waals surface area contributed by atoms with Crippen molar-refractivity contribution in [3.05, 3.63) is 106 Å². The summed E-state index contributed by atoms with van der Waals surface area (Å²) >= 11 is 6.08. The summed E-state index contributed by atoms with van der Waals surface area (Å²) in [5.41, 5.74) is 3.52. The fourth-order valence-corrected chi connectivity index (χ4v) is 3.99. The predicted molar refractivity (Wildman–Crippen MR) is 139 cm³/mol. The zero-order valence-corrected chi connectivity index (χ0v) is 21.1. The molecule has 0 aromatic heterocycles. The number of carbonyl (C=O) groups is 2. The van der Waals surface area contributed by atoms with E-state index in [1.165, 1.54) is 0 Å². The van der Waals surface area contributed by atoms with Gasteiger partial charge >= 0.3 is 0 Å². The van der Waals surface area contributed by atoms with Crippen molar-refractivity contribution in [1.82, 2.24) is 10.2 Å². The molecule has 3 aromatic rings. The Morgan fingerprint density at radius 2 is 1.50 bits per heavy atom. The maximum absolute atomic E-state index is 13.8. The summed E-state index contributed by atoms with van der Waals surface area (Å²) in [6.07, 6.45) is 0.657. The van der Waals surface area contributed by atoms with Gasteiger partial charge in [0.25, 0.3) is 0 Å².